The van der Waals surface area contributed by atoms with E-state index in [1.807, 2.05) is 6.07 Å². The average molecular weight is 264 g/mol. The Kier molecular flexibility index (Phi) is 2.77. The molecule has 0 aliphatic carbocycles. The van der Waals surface area contributed by atoms with Gasteiger partial charge in [0.05, 0.1) is 11.7 Å². The van der Waals surface area contributed by atoms with Crippen molar-refractivity contribution in [1.29, 1.82) is 5.26 Å². The van der Waals surface area contributed by atoms with E-state index in [1.54, 1.807) is 30.5 Å². The number of fused-ring (bicyclic) bond motifs is 1. The van der Waals surface area contributed by atoms with Gasteiger partial charge in [0.1, 0.15) is 23.3 Å². The van der Waals surface area contributed by atoms with Crippen molar-refractivity contribution in [3.8, 4) is 17.2 Å². The molecule has 0 fully saturated rings. The lowest BCUT2D eigenvalue weighted by Gasteiger charge is -2.11. The maximum absolute atomic E-state index is 14.1. The van der Waals surface area contributed by atoms with Crippen LogP contribution in [0, 0.1) is 17.1 Å². The molecule has 0 aliphatic rings. The first kappa shape index (κ1) is 12.1. The standard InChI is InChI=1S/C15H9FN4/c16-12-4-2-1-3-9(12)14-10-5-6-19-8-13(10)20-15(18)11(14)7-17/h1-6,8H,(H2,18,20). The molecule has 0 unspecified atom stereocenters. The second-order valence-corrected chi connectivity index (χ2v) is 4.23. The molecule has 0 radical (unpaired) electrons. The van der Waals surface area contributed by atoms with E-state index in [0.29, 0.717) is 22.0 Å². The normalized spacial score (nSPS) is 10.4. The number of pyridine rings is 2. The van der Waals surface area contributed by atoms with E-state index >= 15 is 0 Å². The van der Waals surface area contributed by atoms with E-state index in [0.717, 1.165) is 0 Å². The van der Waals surface area contributed by atoms with Crippen molar-refractivity contribution in [2.45, 2.75) is 0 Å². The summed E-state index contributed by atoms with van der Waals surface area (Å²) < 4.78 is 14.1. The summed E-state index contributed by atoms with van der Waals surface area (Å²) in [6.07, 6.45) is 3.11. The monoisotopic (exact) mass is 264 g/mol. The van der Waals surface area contributed by atoms with Crippen LogP contribution in [0.4, 0.5) is 10.2 Å². The van der Waals surface area contributed by atoms with Crippen LogP contribution < -0.4 is 5.73 Å². The molecule has 3 aromatic rings. The van der Waals surface area contributed by atoms with Gasteiger partial charge in [0.25, 0.3) is 0 Å². The Hall–Kier alpha value is -3.00. The zero-order valence-electron chi connectivity index (χ0n) is 10.3. The van der Waals surface area contributed by atoms with Crippen molar-refractivity contribution in [2.24, 2.45) is 0 Å². The van der Waals surface area contributed by atoms with Crippen LogP contribution in [0.25, 0.3) is 22.0 Å². The fourth-order valence-corrected chi connectivity index (χ4v) is 2.19. The second-order valence-electron chi connectivity index (χ2n) is 4.23. The number of nitriles is 1. The molecule has 0 atom stereocenters. The highest BCUT2D eigenvalue weighted by Crippen LogP contribution is 2.34. The third-order valence-corrected chi connectivity index (χ3v) is 3.07. The van der Waals surface area contributed by atoms with Gasteiger partial charge in [-0.1, -0.05) is 18.2 Å². The fraction of sp³-hybridized carbons (Fsp3) is 0. The van der Waals surface area contributed by atoms with Crippen LogP contribution in [0.2, 0.25) is 0 Å². The molecular weight excluding hydrogens is 255 g/mol. The molecule has 1 aromatic carbocycles. The van der Waals surface area contributed by atoms with Gasteiger partial charge in [-0.2, -0.15) is 5.26 Å². The van der Waals surface area contributed by atoms with E-state index in [2.05, 4.69) is 9.97 Å². The van der Waals surface area contributed by atoms with Crippen molar-refractivity contribution in [3.05, 3.63) is 54.1 Å². The summed E-state index contributed by atoms with van der Waals surface area (Å²) in [6, 6.07) is 9.98. The quantitative estimate of drug-likeness (QED) is 0.733. The number of nitrogens with two attached hydrogens (primary N) is 1. The van der Waals surface area contributed by atoms with Crippen LogP contribution in [0.1, 0.15) is 5.56 Å². The molecule has 0 bridgehead atoms. The van der Waals surface area contributed by atoms with Crippen LogP contribution in [-0.2, 0) is 0 Å². The summed E-state index contributed by atoms with van der Waals surface area (Å²) in [5.41, 5.74) is 7.29. The number of hydrogen-bond donors (Lipinski definition) is 1. The van der Waals surface area contributed by atoms with Crippen LogP contribution in [0.3, 0.4) is 0 Å². The number of anilines is 1. The zero-order valence-corrected chi connectivity index (χ0v) is 10.3. The summed E-state index contributed by atoms with van der Waals surface area (Å²) in [5, 5.41) is 9.95. The maximum atomic E-state index is 14.1. The van der Waals surface area contributed by atoms with Crippen LogP contribution >= 0.6 is 0 Å². The predicted molar refractivity (Wildman–Crippen MR) is 74.1 cm³/mol. The lowest BCUT2D eigenvalue weighted by Crippen LogP contribution is -2.00. The number of halogens is 1. The largest absolute Gasteiger partial charge is 0.383 e. The molecule has 0 saturated carbocycles. The smallest absolute Gasteiger partial charge is 0.142 e. The first-order chi connectivity index (χ1) is 9.72. The van der Waals surface area contributed by atoms with Gasteiger partial charge in [-0.15, -0.1) is 0 Å². The number of nitrogens with zero attached hydrogens (tertiary/aromatic N) is 3. The highest BCUT2D eigenvalue weighted by atomic mass is 19.1. The SMILES string of the molecule is N#Cc1c(N)nc2cnccc2c1-c1ccccc1F. The highest BCUT2D eigenvalue weighted by Gasteiger charge is 2.17. The van der Waals surface area contributed by atoms with Gasteiger partial charge >= 0.3 is 0 Å². The van der Waals surface area contributed by atoms with Gasteiger partial charge in [0.15, 0.2) is 0 Å². The molecular formula is C15H9FN4. The Morgan fingerprint density at radius 2 is 2.00 bits per heavy atom. The van der Waals surface area contributed by atoms with Gasteiger partial charge in [0, 0.05) is 22.7 Å². The van der Waals surface area contributed by atoms with Crippen molar-refractivity contribution < 1.29 is 4.39 Å². The third-order valence-electron chi connectivity index (χ3n) is 3.07. The summed E-state index contributed by atoms with van der Waals surface area (Å²) in [5.74, 6) is -0.334. The summed E-state index contributed by atoms with van der Waals surface area (Å²) >= 11 is 0. The number of aromatic nitrogens is 2. The molecule has 2 heterocycles. The number of nitrogen functional groups attached to an aromatic ring is 1. The van der Waals surface area contributed by atoms with Gasteiger partial charge in [-0.05, 0) is 12.1 Å². The molecule has 5 heteroatoms. The van der Waals surface area contributed by atoms with E-state index in [1.165, 1.54) is 12.3 Å². The zero-order chi connectivity index (χ0) is 14.1. The van der Waals surface area contributed by atoms with Gasteiger partial charge in [0.2, 0.25) is 0 Å². The third kappa shape index (κ3) is 1.75. The molecule has 0 saturated heterocycles. The van der Waals surface area contributed by atoms with Crippen molar-refractivity contribution in [2.75, 3.05) is 5.73 Å². The number of rotatable bonds is 1. The van der Waals surface area contributed by atoms with Crippen molar-refractivity contribution in [1.82, 2.24) is 9.97 Å². The van der Waals surface area contributed by atoms with Crippen LogP contribution in [0.5, 0.6) is 0 Å². The molecule has 96 valence electrons. The molecule has 0 spiro atoms. The van der Waals surface area contributed by atoms with Crippen molar-refractivity contribution >= 4 is 16.7 Å². The summed E-state index contributed by atoms with van der Waals surface area (Å²) in [7, 11) is 0. The Morgan fingerprint density at radius 1 is 1.20 bits per heavy atom. The van der Waals surface area contributed by atoms with Crippen LogP contribution in [-0.4, -0.2) is 9.97 Å². The molecule has 20 heavy (non-hydrogen) atoms. The van der Waals surface area contributed by atoms with Crippen LogP contribution in [0.15, 0.2) is 42.7 Å². The van der Waals surface area contributed by atoms with E-state index < -0.39 is 5.82 Å². The summed E-state index contributed by atoms with van der Waals surface area (Å²) in [6.45, 7) is 0. The molecule has 2 N–H and O–H groups in total. The molecule has 4 nitrogen and oxygen atoms in total. The minimum Gasteiger partial charge on any atom is -0.383 e. The molecule has 0 aliphatic heterocycles. The minimum absolute atomic E-state index is 0.0752. The van der Waals surface area contributed by atoms with E-state index in [4.69, 9.17) is 5.73 Å². The maximum Gasteiger partial charge on any atom is 0.142 e. The number of hydrogen-bond acceptors (Lipinski definition) is 4. The Balaban J connectivity index is 2.51. The molecule has 2 aromatic heterocycles. The van der Waals surface area contributed by atoms with Crippen molar-refractivity contribution in [3.63, 3.8) is 0 Å². The van der Waals surface area contributed by atoms with Gasteiger partial charge in [-0.25, -0.2) is 9.37 Å². The first-order valence-electron chi connectivity index (χ1n) is 5.90. The Morgan fingerprint density at radius 3 is 2.75 bits per heavy atom. The van der Waals surface area contributed by atoms with Gasteiger partial charge < -0.3 is 5.73 Å². The van der Waals surface area contributed by atoms with Gasteiger partial charge in [-0.3, -0.25) is 4.98 Å². The molecule has 0 amide bonds. The Labute approximate surface area is 114 Å². The minimum atomic E-state index is -0.410. The first-order valence-corrected chi connectivity index (χ1v) is 5.90. The Bertz CT molecular complexity index is 852. The average Bonchev–Trinajstić information content (AvgIpc) is 2.46. The molecule has 3 rings (SSSR count). The second kappa shape index (κ2) is 4.59. The fourth-order valence-electron chi connectivity index (χ4n) is 2.19. The predicted octanol–water partition coefficient (Wildman–Crippen LogP) is 2.89. The lowest BCUT2D eigenvalue weighted by molar-refractivity contribution is 0.631. The highest BCUT2D eigenvalue weighted by molar-refractivity contribution is 5.99. The van der Waals surface area contributed by atoms with E-state index in [-0.39, 0.29) is 11.4 Å². The van der Waals surface area contributed by atoms with E-state index in [9.17, 15) is 9.65 Å². The topological polar surface area (TPSA) is 75.6 Å². The number of benzene rings is 1. The summed E-state index contributed by atoms with van der Waals surface area (Å²) in [4.78, 5) is 8.10. The lowest BCUT2D eigenvalue weighted by atomic mass is 9.96.